The van der Waals surface area contributed by atoms with Gasteiger partial charge in [0.2, 0.25) is 0 Å². The summed E-state index contributed by atoms with van der Waals surface area (Å²) in [4.78, 5) is 27.8. The van der Waals surface area contributed by atoms with Gasteiger partial charge in [0.25, 0.3) is 11.7 Å². The summed E-state index contributed by atoms with van der Waals surface area (Å²) < 4.78 is 10.9. The molecule has 1 saturated heterocycles. The summed E-state index contributed by atoms with van der Waals surface area (Å²) in [6, 6.07) is 10.3. The molecule has 0 aliphatic carbocycles. The van der Waals surface area contributed by atoms with E-state index in [4.69, 9.17) is 9.47 Å². The van der Waals surface area contributed by atoms with Crippen molar-refractivity contribution in [3.63, 3.8) is 0 Å². The third-order valence-electron chi connectivity index (χ3n) is 6.16. The van der Waals surface area contributed by atoms with Crippen LogP contribution in [0.5, 0.6) is 11.5 Å². The third-order valence-corrected chi connectivity index (χ3v) is 6.16. The van der Waals surface area contributed by atoms with Crippen LogP contribution in [-0.4, -0.2) is 42.5 Å². The Balaban J connectivity index is 2.25. The quantitative estimate of drug-likeness (QED) is 0.332. The predicted molar refractivity (Wildman–Crippen MR) is 129 cm³/mol. The van der Waals surface area contributed by atoms with Gasteiger partial charge in [0, 0.05) is 12.1 Å². The lowest BCUT2D eigenvalue weighted by Crippen LogP contribution is -2.30. The standard InChI is InChI=1S/C27H33NO5/c1-7-8-12-28-24(18-10-9-11-19(14-18)32-5)23(26(30)27(28)31)25(29)21-15-20(16(2)3)22(33-6)13-17(21)4/h9-11,13-16,24,29H,7-8,12H2,1-6H3/b25-23+. The van der Waals surface area contributed by atoms with Gasteiger partial charge < -0.3 is 19.5 Å². The molecule has 1 aliphatic rings. The van der Waals surface area contributed by atoms with E-state index in [1.54, 1.807) is 19.1 Å². The van der Waals surface area contributed by atoms with E-state index < -0.39 is 17.7 Å². The van der Waals surface area contributed by atoms with Gasteiger partial charge in [0.05, 0.1) is 25.8 Å². The lowest BCUT2D eigenvalue weighted by atomic mass is 9.91. The van der Waals surface area contributed by atoms with E-state index in [0.717, 1.165) is 35.3 Å². The van der Waals surface area contributed by atoms with Crippen molar-refractivity contribution in [2.45, 2.75) is 52.5 Å². The number of ether oxygens (including phenoxy) is 2. The van der Waals surface area contributed by atoms with Gasteiger partial charge in [-0.05, 0) is 60.2 Å². The Morgan fingerprint density at radius 3 is 2.45 bits per heavy atom. The minimum absolute atomic E-state index is 0.104. The number of aliphatic hydroxyl groups excluding tert-OH is 1. The largest absolute Gasteiger partial charge is 0.507 e. The van der Waals surface area contributed by atoms with Crippen LogP contribution in [0.2, 0.25) is 0 Å². The first-order chi connectivity index (χ1) is 15.7. The lowest BCUT2D eigenvalue weighted by Gasteiger charge is -2.26. The number of amides is 1. The zero-order chi connectivity index (χ0) is 24.3. The van der Waals surface area contributed by atoms with Gasteiger partial charge in [-0.2, -0.15) is 0 Å². The number of carbonyl (C=O) groups is 2. The molecule has 3 rings (SSSR count). The lowest BCUT2D eigenvalue weighted by molar-refractivity contribution is -0.139. The number of hydrogen-bond donors (Lipinski definition) is 1. The maximum Gasteiger partial charge on any atom is 0.295 e. The van der Waals surface area contributed by atoms with Crippen LogP contribution in [-0.2, 0) is 9.59 Å². The van der Waals surface area contributed by atoms with Gasteiger partial charge in [-0.1, -0.05) is 39.3 Å². The van der Waals surface area contributed by atoms with Crippen LogP contribution in [0.1, 0.15) is 67.8 Å². The van der Waals surface area contributed by atoms with Crippen molar-refractivity contribution in [2.75, 3.05) is 20.8 Å². The maximum atomic E-state index is 13.2. The van der Waals surface area contributed by atoms with Gasteiger partial charge in [-0.3, -0.25) is 9.59 Å². The smallest absolute Gasteiger partial charge is 0.295 e. The number of methoxy groups -OCH3 is 2. The predicted octanol–water partition coefficient (Wildman–Crippen LogP) is 5.36. The summed E-state index contributed by atoms with van der Waals surface area (Å²) in [6.45, 7) is 8.40. The van der Waals surface area contributed by atoms with Crippen molar-refractivity contribution < 1.29 is 24.2 Å². The Morgan fingerprint density at radius 1 is 1.12 bits per heavy atom. The number of hydrogen-bond acceptors (Lipinski definition) is 5. The Hall–Kier alpha value is -3.28. The second-order valence-corrected chi connectivity index (χ2v) is 8.69. The number of aliphatic hydroxyl groups is 1. The van der Waals surface area contributed by atoms with E-state index >= 15 is 0 Å². The molecule has 2 aromatic carbocycles. The average molecular weight is 452 g/mol. The highest BCUT2D eigenvalue weighted by Gasteiger charge is 2.46. The van der Waals surface area contributed by atoms with Crippen LogP contribution in [0.4, 0.5) is 0 Å². The molecule has 1 atom stereocenters. The Kier molecular flexibility index (Phi) is 7.46. The first kappa shape index (κ1) is 24.4. The molecule has 6 heteroatoms. The second kappa shape index (κ2) is 10.1. The van der Waals surface area contributed by atoms with Crippen molar-refractivity contribution in [1.82, 2.24) is 4.90 Å². The van der Waals surface area contributed by atoms with E-state index in [0.29, 0.717) is 17.9 Å². The first-order valence-corrected chi connectivity index (χ1v) is 11.4. The first-order valence-electron chi connectivity index (χ1n) is 11.4. The molecular weight excluding hydrogens is 418 g/mol. The topological polar surface area (TPSA) is 76.1 Å². The normalized spacial score (nSPS) is 17.7. The maximum absolute atomic E-state index is 13.2. The van der Waals surface area contributed by atoms with Crippen molar-refractivity contribution >= 4 is 17.4 Å². The minimum Gasteiger partial charge on any atom is -0.507 e. The summed E-state index contributed by atoms with van der Waals surface area (Å²) in [6.07, 6.45) is 1.63. The van der Waals surface area contributed by atoms with E-state index in [9.17, 15) is 14.7 Å². The van der Waals surface area contributed by atoms with Crippen LogP contribution < -0.4 is 9.47 Å². The highest BCUT2D eigenvalue weighted by molar-refractivity contribution is 6.46. The fourth-order valence-corrected chi connectivity index (χ4v) is 4.32. The average Bonchev–Trinajstić information content (AvgIpc) is 3.06. The van der Waals surface area contributed by atoms with Crippen LogP contribution in [0, 0.1) is 6.92 Å². The second-order valence-electron chi connectivity index (χ2n) is 8.69. The summed E-state index contributed by atoms with van der Waals surface area (Å²) >= 11 is 0. The van der Waals surface area contributed by atoms with Gasteiger partial charge in [0.15, 0.2) is 0 Å². The molecule has 2 aromatic rings. The molecule has 1 amide bonds. The summed E-state index contributed by atoms with van der Waals surface area (Å²) in [5, 5.41) is 11.5. The number of benzene rings is 2. The van der Waals surface area contributed by atoms with E-state index in [-0.39, 0.29) is 17.3 Å². The van der Waals surface area contributed by atoms with Gasteiger partial charge in [0.1, 0.15) is 17.3 Å². The minimum atomic E-state index is -0.685. The fourth-order valence-electron chi connectivity index (χ4n) is 4.32. The molecule has 1 N–H and O–H groups in total. The van der Waals surface area contributed by atoms with E-state index in [2.05, 4.69) is 0 Å². The number of unbranched alkanes of at least 4 members (excludes halogenated alkanes) is 1. The zero-order valence-corrected chi connectivity index (χ0v) is 20.3. The van der Waals surface area contributed by atoms with Gasteiger partial charge in [-0.25, -0.2) is 0 Å². The molecular formula is C27H33NO5. The number of Topliss-reactive ketones (excluding diaryl/α,β-unsaturated/α-hetero) is 1. The van der Waals surface area contributed by atoms with Crippen molar-refractivity contribution in [1.29, 1.82) is 0 Å². The number of aryl methyl sites for hydroxylation is 1. The Bertz CT molecular complexity index is 1090. The molecule has 1 unspecified atom stereocenters. The van der Waals surface area contributed by atoms with E-state index in [1.165, 1.54) is 0 Å². The number of nitrogens with zero attached hydrogens (tertiary/aromatic N) is 1. The molecule has 33 heavy (non-hydrogen) atoms. The number of rotatable bonds is 8. The molecule has 0 aromatic heterocycles. The molecule has 6 nitrogen and oxygen atoms in total. The van der Waals surface area contributed by atoms with E-state index in [1.807, 2.05) is 64.1 Å². The SMILES string of the molecule is CCCCN1C(=O)C(=O)/C(=C(/O)c2cc(C(C)C)c(OC)cc2C)C1c1cccc(OC)c1. The number of carbonyl (C=O) groups excluding carboxylic acids is 2. The molecule has 0 bridgehead atoms. The zero-order valence-electron chi connectivity index (χ0n) is 20.3. The van der Waals surface area contributed by atoms with Crippen molar-refractivity contribution in [3.8, 4) is 11.5 Å². The van der Waals surface area contributed by atoms with Crippen LogP contribution in [0.15, 0.2) is 42.0 Å². The van der Waals surface area contributed by atoms with Crippen molar-refractivity contribution in [3.05, 3.63) is 64.2 Å². The van der Waals surface area contributed by atoms with Crippen LogP contribution in [0.25, 0.3) is 5.76 Å². The Labute approximate surface area is 195 Å². The summed E-state index contributed by atoms with van der Waals surface area (Å²) in [5.41, 5.74) is 3.04. The van der Waals surface area contributed by atoms with Crippen LogP contribution >= 0.6 is 0 Å². The molecule has 0 saturated carbocycles. The van der Waals surface area contributed by atoms with Gasteiger partial charge >= 0.3 is 0 Å². The fraction of sp³-hybridized carbons (Fsp3) is 0.407. The summed E-state index contributed by atoms with van der Waals surface area (Å²) in [5.74, 6) is 0.0735. The molecule has 1 aliphatic heterocycles. The van der Waals surface area contributed by atoms with Gasteiger partial charge in [-0.15, -0.1) is 0 Å². The highest BCUT2D eigenvalue weighted by Crippen LogP contribution is 2.42. The highest BCUT2D eigenvalue weighted by atomic mass is 16.5. The monoisotopic (exact) mass is 451 g/mol. The van der Waals surface area contributed by atoms with Crippen molar-refractivity contribution in [2.24, 2.45) is 0 Å². The van der Waals surface area contributed by atoms with Crippen LogP contribution in [0.3, 0.4) is 0 Å². The molecule has 1 heterocycles. The molecule has 0 spiro atoms. The molecule has 1 fully saturated rings. The molecule has 176 valence electrons. The molecule has 0 radical (unpaired) electrons. The third kappa shape index (κ3) is 4.61. The Morgan fingerprint density at radius 2 is 1.85 bits per heavy atom. The number of ketones is 1. The summed E-state index contributed by atoms with van der Waals surface area (Å²) in [7, 11) is 3.18. The number of likely N-dealkylation sites (tertiary alicyclic amines) is 1.